The van der Waals surface area contributed by atoms with Gasteiger partial charge in [0, 0.05) is 17.1 Å². The fraction of sp³-hybridized carbons (Fsp3) is 0. The molecule has 0 radical (unpaired) electrons. The van der Waals surface area contributed by atoms with Crippen molar-refractivity contribution in [3.05, 3.63) is 261 Å². The highest BCUT2D eigenvalue weighted by molar-refractivity contribution is 6.13. The molecular weight excluding hydrogens is 759 g/mol. The van der Waals surface area contributed by atoms with Gasteiger partial charge in [0.2, 0.25) is 0 Å². The highest BCUT2D eigenvalue weighted by Crippen LogP contribution is 2.46. The second-order valence-electron chi connectivity index (χ2n) is 16.1. The Morgan fingerprint density at radius 3 is 1.19 bits per heavy atom. The molecular formula is C62H43N. The van der Waals surface area contributed by atoms with Crippen molar-refractivity contribution in [2.45, 2.75) is 0 Å². The van der Waals surface area contributed by atoms with E-state index in [1.165, 1.54) is 82.7 Å². The van der Waals surface area contributed by atoms with Crippen molar-refractivity contribution in [1.82, 2.24) is 0 Å². The predicted molar refractivity (Wildman–Crippen MR) is 269 cm³/mol. The molecule has 11 aromatic carbocycles. The summed E-state index contributed by atoms with van der Waals surface area (Å²) >= 11 is 0. The maximum Gasteiger partial charge on any atom is 0.0467 e. The van der Waals surface area contributed by atoms with Crippen molar-refractivity contribution in [2.24, 2.45) is 0 Å². The minimum atomic E-state index is 1.08. The summed E-state index contributed by atoms with van der Waals surface area (Å²) < 4.78 is 0. The molecule has 0 aliphatic rings. The standard InChI is InChI=1S/C62H43N/c1-5-18-44(19-6-1)46-32-36-53(37-33-46)63(54-38-34-49(35-39-54)59-41-50-26-13-14-29-56(50)57-30-15-16-31-58(57)59)55-28-17-27-51(40-55)62-60(47-22-9-3-10-23-47)42-52(45-20-7-2-8-21-45)43-61(62)48-24-11-4-12-25-48/h1-43H. The van der Waals surface area contributed by atoms with E-state index < -0.39 is 0 Å². The van der Waals surface area contributed by atoms with E-state index in [0.29, 0.717) is 0 Å². The summed E-state index contributed by atoms with van der Waals surface area (Å²) in [5, 5.41) is 5.05. The average molecular weight is 802 g/mol. The maximum absolute atomic E-state index is 2.39. The second-order valence-corrected chi connectivity index (χ2v) is 16.1. The second kappa shape index (κ2) is 16.7. The molecule has 0 aromatic heterocycles. The van der Waals surface area contributed by atoms with Gasteiger partial charge in [-0.3, -0.25) is 0 Å². The van der Waals surface area contributed by atoms with Crippen molar-refractivity contribution in [2.75, 3.05) is 4.90 Å². The summed E-state index contributed by atoms with van der Waals surface area (Å²) in [5.74, 6) is 0. The highest BCUT2D eigenvalue weighted by atomic mass is 15.1. The van der Waals surface area contributed by atoms with Crippen LogP contribution in [-0.4, -0.2) is 0 Å². The van der Waals surface area contributed by atoms with Gasteiger partial charge in [0.25, 0.3) is 0 Å². The first-order valence-corrected chi connectivity index (χ1v) is 21.7. The Balaban J connectivity index is 1.09. The smallest absolute Gasteiger partial charge is 0.0467 e. The molecule has 0 fully saturated rings. The summed E-state index contributed by atoms with van der Waals surface area (Å²) in [6.07, 6.45) is 0. The molecule has 0 aliphatic heterocycles. The molecule has 63 heavy (non-hydrogen) atoms. The minimum Gasteiger partial charge on any atom is -0.310 e. The van der Waals surface area contributed by atoms with Crippen LogP contribution in [0.15, 0.2) is 261 Å². The van der Waals surface area contributed by atoms with Crippen LogP contribution in [0.2, 0.25) is 0 Å². The molecule has 0 N–H and O–H groups in total. The summed E-state index contributed by atoms with van der Waals surface area (Å²) in [7, 11) is 0. The van der Waals surface area contributed by atoms with E-state index in [1.54, 1.807) is 0 Å². The Morgan fingerprint density at radius 1 is 0.206 bits per heavy atom. The quantitative estimate of drug-likeness (QED) is 0.131. The van der Waals surface area contributed by atoms with E-state index in [2.05, 4.69) is 266 Å². The van der Waals surface area contributed by atoms with Crippen LogP contribution in [0.1, 0.15) is 0 Å². The van der Waals surface area contributed by atoms with Crippen LogP contribution in [0.25, 0.3) is 88.3 Å². The normalized spacial score (nSPS) is 11.2. The molecule has 0 amide bonds. The van der Waals surface area contributed by atoms with Crippen LogP contribution < -0.4 is 4.90 Å². The number of hydrogen-bond acceptors (Lipinski definition) is 1. The molecule has 0 atom stereocenters. The molecule has 0 aliphatic carbocycles. The number of nitrogens with zero attached hydrogens (tertiary/aromatic N) is 1. The van der Waals surface area contributed by atoms with Crippen molar-refractivity contribution < 1.29 is 0 Å². The van der Waals surface area contributed by atoms with Gasteiger partial charge in [-0.2, -0.15) is 0 Å². The van der Waals surface area contributed by atoms with Crippen LogP contribution in [-0.2, 0) is 0 Å². The molecule has 0 saturated carbocycles. The number of rotatable bonds is 9. The summed E-state index contributed by atoms with van der Waals surface area (Å²) in [5.41, 5.74) is 17.5. The zero-order chi connectivity index (χ0) is 42.0. The Labute approximate surface area is 369 Å². The largest absolute Gasteiger partial charge is 0.310 e. The van der Waals surface area contributed by atoms with Crippen molar-refractivity contribution >= 4 is 38.6 Å². The van der Waals surface area contributed by atoms with Crippen LogP contribution in [0.5, 0.6) is 0 Å². The van der Waals surface area contributed by atoms with Gasteiger partial charge in [-0.05, 0) is 143 Å². The maximum atomic E-state index is 2.39. The lowest BCUT2D eigenvalue weighted by Gasteiger charge is -2.27. The van der Waals surface area contributed by atoms with Gasteiger partial charge in [-0.1, -0.05) is 206 Å². The molecule has 1 heteroatoms. The first kappa shape index (κ1) is 37.7. The Hall–Kier alpha value is -8.26. The van der Waals surface area contributed by atoms with Gasteiger partial charge in [-0.25, -0.2) is 0 Å². The van der Waals surface area contributed by atoms with Gasteiger partial charge in [-0.15, -0.1) is 0 Å². The predicted octanol–water partition coefficient (Wildman–Crippen LogP) is 17.5. The zero-order valence-electron chi connectivity index (χ0n) is 34.8. The molecule has 0 heterocycles. The number of fused-ring (bicyclic) bond motifs is 3. The molecule has 11 aromatic rings. The number of benzene rings is 11. The summed E-state index contributed by atoms with van der Waals surface area (Å²) in [6, 6.07) is 94.7. The molecule has 0 spiro atoms. The first-order chi connectivity index (χ1) is 31.2. The van der Waals surface area contributed by atoms with Crippen molar-refractivity contribution in [3.8, 4) is 66.8 Å². The van der Waals surface area contributed by atoms with Crippen molar-refractivity contribution in [1.29, 1.82) is 0 Å². The number of hydrogen-bond donors (Lipinski definition) is 0. The molecule has 296 valence electrons. The number of anilines is 3. The fourth-order valence-corrected chi connectivity index (χ4v) is 9.21. The van der Waals surface area contributed by atoms with Crippen molar-refractivity contribution in [3.63, 3.8) is 0 Å². The zero-order valence-corrected chi connectivity index (χ0v) is 34.8. The third-order valence-corrected chi connectivity index (χ3v) is 12.2. The first-order valence-electron chi connectivity index (χ1n) is 21.7. The van der Waals surface area contributed by atoms with Gasteiger partial charge < -0.3 is 4.90 Å². The van der Waals surface area contributed by atoms with Crippen LogP contribution in [0, 0.1) is 0 Å². The lowest BCUT2D eigenvalue weighted by atomic mass is 9.84. The van der Waals surface area contributed by atoms with Gasteiger partial charge in [0.1, 0.15) is 0 Å². The third kappa shape index (κ3) is 7.37. The molecule has 11 rings (SSSR count). The lowest BCUT2D eigenvalue weighted by molar-refractivity contribution is 1.28. The van der Waals surface area contributed by atoms with E-state index in [-0.39, 0.29) is 0 Å². The molecule has 0 saturated heterocycles. The third-order valence-electron chi connectivity index (χ3n) is 12.2. The SMILES string of the molecule is c1ccc(-c2ccc(N(c3ccc(-c4cc5ccccc5c5ccccc45)cc3)c3cccc(-c4c(-c5ccccc5)cc(-c5ccccc5)cc4-c4ccccc4)c3)cc2)cc1. The van der Waals surface area contributed by atoms with Gasteiger partial charge in [0.05, 0.1) is 0 Å². The molecule has 0 unspecified atom stereocenters. The minimum absolute atomic E-state index is 1.08. The van der Waals surface area contributed by atoms with E-state index in [4.69, 9.17) is 0 Å². The van der Waals surface area contributed by atoms with E-state index in [1.807, 2.05) is 0 Å². The topological polar surface area (TPSA) is 3.24 Å². The van der Waals surface area contributed by atoms with E-state index in [0.717, 1.165) is 22.6 Å². The van der Waals surface area contributed by atoms with Crippen LogP contribution in [0.3, 0.4) is 0 Å². The van der Waals surface area contributed by atoms with Gasteiger partial charge >= 0.3 is 0 Å². The highest BCUT2D eigenvalue weighted by Gasteiger charge is 2.20. The van der Waals surface area contributed by atoms with E-state index >= 15 is 0 Å². The Kier molecular flexibility index (Phi) is 9.97. The van der Waals surface area contributed by atoms with Crippen LogP contribution in [0.4, 0.5) is 17.1 Å². The average Bonchev–Trinajstić information content (AvgIpc) is 3.37. The Morgan fingerprint density at radius 2 is 0.619 bits per heavy atom. The molecule has 1 nitrogen and oxygen atoms in total. The lowest BCUT2D eigenvalue weighted by Crippen LogP contribution is -2.10. The Bertz CT molecular complexity index is 3280. The van der Waals surface area contributed by atoms with Crippen LogP contribution >= 0.6 is 0 Å². The molecule has 0 bridgehead atoms. The summed E-state index contributed by atoms with van der Waals surface area (Å²) in [6.45, 7) is 0. The monoisotopic (exact) mass is 801 g/mol. The van der Waals surface area contributed by atoms with Gasteiger partial charge in [0.15, 0.2) is 0 Å². The fourth-order valence-electron chi connectivity index (χ4n) is 9.21. The summed E-state index contributed by atoms with van der Waals surface area (Å²) in [4.78, 5) is 2.39. The van der Waals surface area contributed by atoms with E-state index in [9.17, 15) is 0 Å².